The minimum atomic E-state index is -0.570. The number of nitrogens with zero attached hydrogens (tertiary/aromatic N) is 2. The van der Waals surface area contributed by atoms with Crippen LogP contribution in [0.15, 0.2) is 66.2 Å². The van der Waals surface area contributed by atoms with Crippen molar-refractivity contribution in [1.82, 2.24) is 4.98 Å². The van der Waals surface area contributed by atoms with E-state index in [1.54, 1.807) is 17.2 Å². The summed E-state index contributed by atoms with van der Waals surface area (Å²) in [5.41, 5.74) is 3.71. The van der Waals surface area contributed by atoms with E-state index in [1.165, 1.54) is 17.4 Å². The summed E-state index contributed by atoms with van der Waals surface area (Å²) in [4.78, 5) is 32.0. The molecule has 0 spiro atoms. The third-order valence-corrected chi connectivity index (χ3v) is 5.67. The van der Waals surface area contributed by atoms with Gasteiger partial charge < -0.3 is 5.32 Å². The third-order valence-electron chi connectivity index (χ3n) is 4.93. The highest BCUT2D eigenvalue weighted by Gasteiger charge is 2.34. The van der Waals surface area contributed by atoms with Crippen molar-refractivity contribution in [2.24, 2.45) is 0 Å². The first kappa shape index (κ1) is 19.1. The van der Waals surface area contributed by atoms with E-state index in [4.69, 9.17) is 0 Å². The molecule has 1 aromatic heterocycles. The number of para-hydroxylation sites is 1. The second kappa shape index (κ2) is 8.41. The maximum atomic E-state index is 13.1. The molecule has 0 aliphatic carbocycles. The molecule has 2 aromatic carbocycles. The number of carbonyl (C=O) groups is 2. The van der Waals surface area contributed by atoms with E-state index in [0.717, 1.165) is 33.9 Å². The molecule has 2 amide bonds. The number of aromatic nitrogens is 1. The van der Waals surface area contributed by atoms with Crippen molar-refractivity contribution in [3.8, 4) is 0 Å². The number of benzene rings is 2. The molecule has 0 saturated heterocycles. The van der Waals surface area contributed by atoms with Crippen LogP contribution in [0.4, 0.5) is 11.4 Å². The van der Waals surface area contributed by atoms with E-state index in [0.29, 0.717) is 6.42 Å². The molecule has 1 unspecified atom stereocenters. The molecule has 1 N–H and O–H groups in total. The molecule has 1 aliphatic rings. The number of hydrogen-bond acceptors (Lipinski definition) is 4. The maximum Gasteiger partial charge on any atom is 0.251 e. The van der Waals surface area contributed by atoms with Crippen LogP contribution in [0.5, 0.6) is 0 Å². The van der Waals surface area contributed by atoms with Crippen LogP contribution in [-0.4, -0.2) is 22.8 Å². The summed E-state index contributed by atoms with van der Waals surface area (Å²) in [5.74, 6) is -0.407. The first-order valence-electron chi connectivity index (χ1n) is 9.48. The van der Waals surface area contributed by atoms with Crippen LogP contribution in [-0.2, 0) is 16.0 Å². The lowest BCUT2D eigenvalue weighted by Gasteiger charge is -2.35. The summed E-state index contributed by atoms with van der Waals surface area (Å²) in [6, 6.07) is 14.8. The molecule has 0 radical (unpaired) electrons. The van der Waals surface area contributed by atoms with E-state index < -0.39 is 6.04 Å². The minimum absolute atomic E-state index is 0.181. The molecule has 1 atom stereocenters. The predicted molar refractivity (Wildman–Crippen MR) is 117 cm³/mol. The van der Waals surface area contributed by atoms with Crippen molar-refractivity contribution in [3.05, 3.63) is 82.3 Å². The highest BCUT2D eigenvalue weighted by atomic mass is 32.1. The van der Waals surface area contributed by atoms with E-state index in [9.17, 15) is 9.59 Å². The molecular weight excluding hydrogens is 382 g/mol. The fraction of sp³-hybridized carbons (Fsp3) is 0.174. The molecular formula is C23H21N3O2S. The van der Waals surface area contributed by atoms with Gasteiger partial charge in [0.15, 0.2) is 0 Å². The summed E-state index contributed by atoms with van der Waals surface area (Å²) in [5, 5.41) is 5.57. The summed E-state index contributed by atoms with van der Waals surface area (Å²) in [6.45, 7) is 2.00. The normalized spacial score (nSPS) is 15.9. The average molecular weight is 404 g/mol. The van der Waals surface area contributed by atoms with Gasteiger partial charge in [-0.3, -0.25) is 14.5 Å². The molecule has 1 aliphatic heterocycles. The second-order valence-electron chi connectivity index (χ2n) is 6.95. The smallest absolute Gasteiger partial charge is 0.251 e. The van der Waals surface area contributed by atoms with E-state index in [2.05, 4.69) is 10.3 Å². The van der Waals surface area contributed by atoms with Crippen molar-refractivity contribution in [2.45, 2.75) is 25.8 Å². The van der Waals surface area contributed by atoms with E-state index in [-0.39, 0.29) is 11.8 Å². The Morgan fingerprint density at radius 1 is 1.17 bits per heavy atom. The molecule has 146 valence electrons. The quantitative estimate of drug-likeness (QED) is 0.655. The topological polar surface area (TPSA) is 62.3 Å². The predicted octanol–water partition coefficient (Wildman–Crippen LogP) is 4.45. The number of fused-ring (bicyclic) bond motifs is 1. The van der Waals surface area contributed by atoms with Crippen LogP contribution in [0.1, 0.15) is 22.6 Å². The molecule has 0 fully saturated rings. The van der Waals surface area contributed by atoms with Gasteiger partial charge in [0.25, 0.3) is 5.91 Å². The molecule has 5 nitrogen and oxygen atoms in total. The number of amides is 2. The lowest BCUT2D eigenvalue weighted by atomic mass is 9.95. The highest BCUT2D eigenvalue weighted by Crippen LogP contribution is 2.31. The standard InChI is InChI=1S/C23H21N3O2S/c1-16-6-9-18(10-7-16)25-23(28)20-11-8-17-4-2-3-5-19(17)26(20)22(27)13-12-21-24-14-15-29-21/h2-7,9-10,12-15,20H,8,11H2,1H3,(H,25,28)/b13-12+. The Kier molecular flexibility index (Phi) is 5.53. The zero-order chi connectivity index (χ0) is 20.2. The molecule has 0 bridgehead atoms. The van der Waals surface area contributed by atoms with Crippen LogP contribution >= 0.6 is 11.3 Å². The Morgan fingerprint density at radius 3 is 2.72 bits per heavy atom. The first-order valence-corrected chi connectivity index (χ1v) is 10.4. The molecule has 6 heteroatoms. The number of thiazole rings is 1. The highest BCUT2D eigenvalue weighted by molar-refractivity contribution is 7.10. The Morgan fingerprint density at radius 2 is 1.97 bits per heavy atom. The van der Waals surface area contributed by atoms with Gasteiger partial charge in [-0.05, 0) is 49.6 Å². The SMILES string of the molecule is Cc1ccc(NC(=O)C2CCc3ccccc3N2C(=O)/C=C/c2nccs2)cc1. The van der Waals surface area contributed by atoms with Crippen LogP contribution < -0.4 is 10.2 Å². The summed E-state index contributed by atoms with van der Waals surface area (Å²) >= 11 is 1.46. The number of aryl methyl sites for hydroxylation is 2. The maximum absolute atomic E-state index is 13.1. The fourth-order valence-electron chi connectivity index (χ4n) is 3.47. The molecule has 3 aromatic rings. The van der Waals surface area contributed by atoms with Crippen molar-refractivity contribution in [1.29, 1.82) is 0 Å². The van der Waals surface area contributed by atoms with Crippen LogP contribution in [0.3, 0.4) is 0 Å². The van der Waals surface area contributed by atoms with E-state index in [1.807, 2.05) is 60.8 Å². The van der Waals surface area contributed by atoms with Gasteiger partial charge in [-0.15, -0.1) is 11.3 Å². The Labute approximate surface area is 173 Å². The second-order valence-corrected chi connectivity index (χ2v) is 7.88. The van der Waals surface area contributed by atoms with Gasteiger partial charge in [-0.25, -0.2) is 4.98 Å². The summed E-state index contributed by atoms with van der Waals surface area (Å²) in [7, 11) is 0. The van der Waals surface area contributed by atoms with E-state index >= 15 is 0 Å². The van der Waals surface area contributed by atoms with Gasteiger partial charge >= 0.3 is 0 Å². The Bertz CT molecular complexity index is 1040. The van der Waals surface area contributed by atoms with Gasteiger partial charge in [-0.2, -0.15) is 0 Å². The minimum Gasteiger partial charge on any atom is -0.324 e. The zero-order valence-electron chi connectivity index (χ0n) is 16.0. The number of nitrogens with one attached hydrogen (secondary N) is 1. The fourth-order valence-corrected chi connectivity index (χ4v) is 4.00. The van der Waals surface area contributed by atoms with Crippen molar-refractivity contribution in [3.63, 3.8) is 0 Å². The Balaban J connectivity index is 1.61. The lowest BCUT2D eigenvalue weighted by Crippen LogP contribution is -2.49. The number of anilines is 2. The van der Waals surface area contributed by atoms with Crippen LogP contribution in [0.2, 0.25) is 0 Å². The zero-order valence-corrected chi connectivity index (χ0v) is 16.9. The molecule has 0 saturated carbocycles. The third kappa shape index (κ3) is 4.27. The van der Waals surface area contributed by atoms with Gasteiger partial charge in [0.05, 0.1) is 0 Å². The van der Waals surface area contributed by atoms with Crippen LogP contribution in [0, 0.1) is 6.92 Å². The average Bonchev–Trinajstić information content (AvgIpc) is 3.26. The van der Waals surface area contributed by atoms with Crippen LogP contribution in [0.25, 0.3) is 6.08 Å². The Hall–Kier alpha value is -3.25. The van der Waals surface area contributed by atoms with Crippen molar-refractivity contribution < 1.29 is 9.59 Å². The first-order chi connectivity index (χ1) is 14.1. The molecule has 29 heavy (non-hydrogen) atoms. The van der Waals surface area contributed by atoms with Gasteiger partial charge in [0.1, 0.15) is 11.0 Å². The largest absolute Gasteiger partial charge is 0.324 e. The lowest BCUT2D eigenvalue weighted by molar-refractivity contribution is -0.121. The molecule has 2 heterocycles. The summed E-state index contributed by atoms with van der Waals surface area (Å²) in [6.07, 6.45) is 6.21. The molecule has 4 rings (SSSR count). The monoisotopic (exact) mass is 403 g/mol. The van der Waals surface area contributed by atoms with Crippen molar-refractivity contribution in [2.75, 3.05) is 10.2 Å². The van der Waals surface area contributed by atoms with Gasteiger partial charge in [-0.1, -0.05) is 35.9 Å². The number of hydrogen-bond donors (Lipinski definition) is 1. The van der Waals surface area contributed by atoms with Gasteiger partial charge in [0.2, 0.25) is 5.91 Å². The number of rotatable bonds is 4. The van der Waals surface area contributed by atoms with Crippen molar-refractivity contribution >= 4 is 40.6 Å². The summed E-state index contributed by atoms with van der Waals surface area (Å²) < 4.78 is 0. The van der Waals surface area contributed by atoms with Gasteiger partial charge in [0, 0.05) is 29.0 Å². The number of carbonyl (C=O) groups excluding carboxylic acids is 2.